The lowest BCUT2D eigenvalue weighted by Gasteiger charge is -2.06. The molecule has 0 unspecified atom stereocenters. The molecule has 0 saturated heterocycles. The number of nitrogens with zero attached hydrogens (tertiary/aromatic N) is 2. The summed E-state index contributed by atoms with van der Waals surface area (Å²) in [6, 6.07) is 16.8. The number of aromatic amines is 1. The lowest BCUT2D eigenvalue weighted by atomic mass is 10.0. The van der Waals surface area contributed by atoms with E-state index in [4.69, 9.17) is 4.98 Å². The number of benzene rings is 2. The zero-order valence-electron chi connectivity index (χ0n) is 12.1. The average molecular weight is 285 g/mol. The molecular weight excluding hydrogens is 270 g/mol. The van der Waals surface area contributed by atoms with Crippen molar-refractivity contribution in [3.8, 4) is 11.1 Å². The number of imidazole rings is 1. The van der Waals surface area contributed by atoms with E-state index in [9.17, 15) is 0 Å². The van der Waals surface area contributed by atoms with Gasteiger partial charge in [0.1, 0.15) is 5.82 Å². The maximum atomic E-state index is 4.87. The van der Waals surface area contributed by atoms with Crippen LogP contribution in [0.15, 0.2) is 54.7 Å². The minimum absolute atomic E-state index is 0.630. The number of hydrogen-bond donors (Lipinski definition) is 1. The van der Waals surface area contributed by atoms with Gasteiger partial charge >= 0.3 is 0 Å². The van der Waals surface area contributed by atoms with Gasteiger partial charge in [-0.25, -0.2) is 4.98 Å². The van der Waals surface area contributed by atoms with Crippen molar-refractivity contribution in [3.05, 3.63) is 60.6 Å². The van der Waals surface area contributed by atoms with Gasteiger partial charge in [0.2, 0.25) is 0 Å². The molecule has 1 aliphatic rings. The lowest BCUT2D eigenvalue weighted by Crippen LogP contribution is -1.86. The number of H-pyrrole nitrogens is 1. The second-order valence-electron chi connectivity index (χ2n) is 5.98. The summed E-state index contributed by atoms with van der Waals surface area (Å²) in [4.78, 5) is 12.9. The Labute approximate surface area is 128 Å². The molecule has 0 bridgehead atoms. The Hall–Kier alpha value is -2.68. The maximum absolute atomic E-state index is 4.87. The van der Waals surface area contributed by atoms with E-state index in [2.05, 4.69) is 52.4 Å². The SMILES string of the molecule is c1cnc2c(-c3cccc4[nH]c(C5CC5)nc34)cccc2c1. The zero-order valence-corrected chi connectivity index (χ0v) is 12.1. The van der Waals surface area contributed by atoms with Gasteiger partial charge in [-0.3, -0.25) is 4.98 Å². The minimum atomic E-state index is 0.630. The summed E-state index contributed by atoms with van der Waals surface area (Å²) in [7, 11) is 0. The Balaban J connectivity index is 1.81. The first-order chi connectivity index (χ1) is 10.9. The molecule has 1 fully saturated rings. The van der Waals surface area contributed by atoms with E-state index in [0.717, 1.165) is 38.9 Å². The summed E-state index contributed by atoms with van der Waals surface area (Å²) >= 11 is 0. The van der Waals surface area contributed by atoms with E-state index in [1.165, 1.54) is 12.8 Å². The molecule has 5 rings (SSSR count). The number of nitrogens with one attached hydrogen (secondary N) is 1. The number of para-hydroxylation sites is 2. The molecule has 1 aliphatic carbocycles. The zero-order chi connectivity index (χ0) is 14.5. The first kappa shape index (κ1) is 11.9. The number of rotatable bonds is 2. The Bertz CT molecular complexity index is 991. The fraction of sp³-hybridized carbons (Fsp3) is 0.158. The highest BCUT2D eigenvalue weighted by Gasteiger charge is 2.27. The van der Waals surface area contributed by atoms with Crippen molar-refractivity contribution >= 4 is 21.9 Å². The van der Waals surface area contributed by atoms with Gasteiger partial charge in [-0.15, -0.1) is 0 Å². The van der Waals surface area contributed by atoms with Crippen LogP contribution in [-0.4, -0.2) is 15.0 Å². The third kappa shape index (κ3) is 1.75. The van der Waals surface area contributed by atoms with Gasteiger partial charge in [0.15, 0.2) is 0 Å². The standard InChI is InChI=1S/C19H15N3/c1-4-12-5-3-11-20-17(12)14(6-1)15-7-2-8-16-18(15)22-19(21-16)13-9-10-13/h1-8,11,13H,9-10H2,(H,21,22). The van der Waals surface area contributed by atoms with Gasteiger partial charge < -0.3 is 4.98 Å². The van der Waals surface area contributed by atoms with Crippen LogP contribution in [0.2, 0.25) is 0 Å². The van der Waals surface area contributed by atoms with Gasteiger partial charge in [0.25, 0.3) is 0 Å². The fourth-order valence-electron chi connectivity index (χ4n) is 3.14. The molecule has 2 aromatic carbocycles. The van der Waals surface area contributed by atoms with Gasteiger partial charge in [-0.1, -0.05) is 36.4 Å². The predicted octanol–water partition coefficient (Wildman–Crippen LogP) is 4.66. The van der Waals surface area contributed by atoms with Crippen LogP contribution in [0, 0.1) is 0 Å². The summed E-state index contributed by atoms with van der Waals surface area (Å²) in [5.41, 5.74) is 5.52. The quantitative estimate of drug-likeness (QED) is 0.582. The van der Waals surface area contributed by atoms with Crippen molar-refractivity contribution < 1.29 is 0 Å². The molecule has 0 aliphatic heterocycles. The van der Waals surface area contributed by atoms with Crippen LogP contribution in [0.1, 0.15) is 24.6 Å². The van der Waals surface area contributed by atoms with Crippen molar-refractivity contribution in [2.24, 2.45) is 0 Å². The van der Waals surface area contributed by atoms with E-state index in [-0.39, 0.29) is 0 Å². The third-order valence-electron chi connectivity index (χ3n) is 4.42. The predicted molar refractivity (Wildman–Crippen MR) is 88.8 cm³/mol. The molecule has 1 N–H and O–H groups in total. The van der Waals surface area contributed by atoms with Gasteiger partial charge in [-0.2, -0.15) is 0 Å². The van der Waals surface area contributed by atoms with Crippen molar-refractivity contribution in [2.45, 2.75) is 18.8 Å². The second kappa shape index (κ2) is 4.41. The molecule has 3 heteroatoms. The first-order valence-corrected chi connectivity index (χ1v) is 7.73. The molecule has 2 aromatic heterocycles. The smallest absolute Gasteiger partial charge is 0.110 e. The van der Waals surface area contributed by atoms with Crippen LogP contribution in [0.3, 0.4) is 0 Å². The molecule has 0 amide bonds. The molecular formula is C19H15N3. The Kier molecular flexibility index (Phi) is 2.39. The van der Waals surface area contributed by atoms with Crippen molar-refractivity contribution in [1.29, 1.82) is 0 Å². The molecule has 0 atom stereocenters. The highest BCUT2D eigenvalue weighted by molar-refractivity contribution is 6.01. The number of pyridine rings is 1. The Morgan fingerprint density at radius 3 is 2.50 bits per heavy atom. The number of hydrogen-bond acceptors (Lipinski definition) is 2. The third-order valence-corrected chi connectivity index (χ3v) is 4.42. The number of fused-ring (bicyclic) bond motifs is 2. The molecule has 0 spiro atoms. The molecule has 4 aromatic rings. The molecule has 1 saturated carbocycles. The van der Waals surface area contributed by atoms with Crippen LogP contribution in [0.4, 0.5) is 0 Å². The fourth-order valence-corrected chi connectivity index (χ4v) is 3.14. The van der Waals surface area contributed by atoms with E-state index < -0.39 is 0 Å². The normalized spacial score (nSPS) is 14.7. The van der Waals surface area contributed by atoms with E-state index >= 15 is 0 Å². The Morgan fingerprint density at radius 2 is 1.64 bits per heavy atom. The highest BCUT2D eigenvalue weighted by Crippen LogP contribution is 2.40. The monoisotopic (exact) mass is 285 g/mol. The summed E-state index contributed by atoms with van der Waals surface area (Å²) in [6.45, 7) is 0. The van der Waals surface area contributed by atoms with Crippen molar-refractivity contribution in [1.82, 2.24) is 15.0 Å². The molecule has 3 nitrogen and oxygen atoms in total. The summed E-state index contributed by atoms with van der Waals surface area (Å²) < 4.78 is 0. The van der Waals surface area contributed by atoms with Crippen molar-refractivity contribution in [3.63, 3.8) is 0 Å². The van der Waals surface area contributed by atoms with Gasteiger partial charge in [0, 0.05) is 28.6 Å². The number of aromatic nitrogens is 3. The highest BCUT2D eigenvalue weighted by atomic mass is 14.9. The average Bonchev–Trinajstić information content (AvgIpc) is 3.33. The molecule has 106 valence electrons. The van der Waals surface area contributed by atoms with Crippen LogP contribution >= 0.6 is 0 Å². The second-order valence-corrected chi connectivity index (χ2v) is 5.98. The maximum Gasteiger partial charge on any atom is 0.110 e. The summed E-state index contributed by atoms with van der Waals surface area (Å²) in [6.07, 6.45) is 4.36. The first-order valence-electron chi connectivity index (χ1n) is 7.73. The van der Waals surface area contributed by atoms with Crippen LogP contribution in [0.25, 0.3) is 33.1 Å². The molecule has 2 heterocycles. The van der Waals surface area contributed by atoms with E-state index in [1.807, 2.05) is 12.3 Å². The molecule has 22 heavy (non-hydrogen) atoms. The van der Waals surface area contributed by atoms with E-state index in [1.54, 1.807) is 0 Å². The summed E-state index contributed by atoms with van der Waals surface area (Å²) in [5.74, 6) is 1.77. The van der Waals surface area contributed by atoms with Crippen LogP contribution in [-0.2, 0) is 0 Å². The topological polar surface area (TPSA) is 41.6 Å². The van der Waals surface area contributed by atoms with Crippen LogP contribution < -0.4 is 0 Å². The van der Waals surface area contributed by atoms with Crippen molar-refractivity contribution in [2.75, 3.05) is 0 Å². The van der Waals surface area contributed by atoms with Gasteiger partial charge in [0.05, 0.1) is 16.6 Å². The molecule has 0 radical (unpaired) electrons. The minimum Gasteiger partial charge on any atom is -0.342 e. The van der Waals surface area contributed by atoms with Crippen LogP contribution in [0.5, 0.6) is 0 Å². The van der Waals surface area contributed by atoms with Gasteiger partial charge in [-0.05, 0) is 25.0 Å². The van der Waals surface area contributed by atoms with E-state index in [0.29, 0.717) is 5.92 Å². The largest absolute Gasteiger partial charge is 0.342 e. The summed E-state index contributed by atoms with van der Waals surface area (Å²) in [5, 5.41) is 1.16. The lowest BCUT2D eigenvalue weighted by molar-refractivity contribution is 0.986. The Morgan fingerprint density at radius 1 is 0.864 bits per heavy atom.